The van der Waals surface area contributed by atoms with Gasteiger partial charge in [-0.2, -0.15) is 0 Å². The van der Waals surface area contributed by atoms with Gasteiger partial charge in [0.1, 0.15) is 11.6 Å². The molecule has 1 aromatic rings. The Labute approximate surface area is 124 Å². The number of anilines is 2. The Balaban J connectivity index is 2.43. The van der Waals surface area contributed by atoms with Crippen LogP contribution in [0.5, 0.6) is 0 Å². The smallest absolute Gasteiger partial charge is 0.221 e. The van der Waals surface area contributed by atoms with Gasteiger partial charge in [0.25, 0.3) is 0 Å². The van der Waals surface area contributed by atoms with Crippen LogP contribution in [-0.2, 0) is 4.79 Å². The van der Waals surface area contributed by atoms with Gasteiger partial charge in [0.15, 0.2) is 5.16 Å². The molecule has 0 unspecified atom stereocenters. The molecule has 0 aromatic carbocycles. The summed E-state index contributed by atoms with van der Waals surface area (Å²) in [5.41, 5.74) is 0. The monoisotopic (exact) mass is 297 g/mol. The summed E-state index contributed by atoms with van der Waals surface area (Å²) in [6.07, 6.45) is 2.36. The fourth-order valence-corrected chi connectivity index (χ4v) is 1.82. The first kappa shape index (κ1) is 16.6. The number of nitrogens with zero attached hydrogens (tertiary/aromatic N) is 2. The molecular formula is C13H23N5OS. The Bertz CT molecular complexity index is 417. The lowest BCUT2D eigenvalue weighted by atomic mass is 10.2. The molecule has 3 N–H and O–H groups in total. The molecule has 0 aliphatic heterocycles. The first-order valence-corrected chi connectivity index (χ1v) is 7.89. The topological polar surface area (TPSA) is 78.9 Å². The maximum atomic E-state index is 11.6. The summed E-state index contributed by atoms with van der Waals surface area (Å²) in [5, 5.41) is 9.72. The van der Waals surface area contributed by atoms with Crippen LogP contribution in [0, 0.1) is 5.92 Å². The van der Waals surface area contributed by atoms with Gasteiger partial charge in [-0.25, -0.2) is 9.97 Å². The second kappa shape index (κ2) is 8.63. The molecule has 0 bridgehead atoms. The molecule has 0 fully saturated rings. The largest absolute Gasteiger partial charge is 0.373 e. The molecule has 0 atom stereocenters. The minimum atomic E-state index is 0.0548. The molecular weight excluding hydrogens is 274 g/mol. The minimum Gasteiger partial charge on any atom is -0.373 e. The number of aromatic nitrogens is 2. The van der Waals surface area contributed by atoms with Crippen LogP contribution in [0.25, 0.3) is 0 Å². The standard InChI is InChI=1S/C13H23N5OS/c1-9(2)8-16-12(19)5-6-15-11-7-10(14-3)17-13(18-11)20-4/h7,9H,5-6,8H2,1-4H3,(H,16,19)(H2,14,15,17,18). The molecule has 7 heteroatoms. The van der Waals surface area contributed by atoms with E-state index < -0.39 is 0 Å². The second-order valence-electron chi connectivity index (χ2n) is 4.75. The summed E-state index contributed by atoms with van der Waals surface area (Å²) in [5.74, 6) is 2.01. The molecule has 1 aromatic heterocycles. The fourth-order valence-electron chi connectivity index (χ4n) is 1.45. The molecule has 1 rings (SSSR count). The van der Waals surface area contributed by atoms with Crippen molar-refractivity contribution in [3.05, 3.63) is 6.07 Å². The van der Waals surface area contributed by atoms with Gasteiger partial charge in [0.05, 0.1) is 0 Å². The van der Waals surface area contributed by atoms with E-state index in [1.54, 1.807) is 0 Å². The average Bonchev–Trinajstić information content (AvgIpc) is 2.44. The van der Waals surface area contributed by atoms with Gasteiger partial charge in [0, 0.05) is 32.6 Å². The van der Waals surface area contributed by atoms with Crippen LogP contribution >= 0.6 is 11.8 Å². The summed E-state index contributed by atoms with van der Waals surface area (Å²) in [4.78, 5) is 20.2. The second-order valence-corrected chi connectivity index (χ2v) is 5.52. The van der Waals surface area contributed by atoms with Gasteiger partial charge in [-0.3, -0.25) is 4.79 Å². The molecule has 0 spiro atoms. The highest BCUT2D eigenvalue weighted by Gasteiger charge is 2.05. The van der Waals surface area contributed by atoms with E-state index in [2.05, 4.69) is 39.8 Å². The molecule has 0 radical (unpaired) electrons. The number of carbonyl (C=O) groups excluding carboxylic acids is 1. The van der Waals surface area contributed by atoms with E-state index in [4.69, 9.17) is 0 Å². The SMILES string of the molecule is CNc1cc(NCCC(=O)NCC(C)C)nc(SC)n1. The van der Waals surface area contributed by atoms with E-state index in [-0.39, 0.29) is 5.91 Å². The van der Waals surface area contributed by atoms with Crippen molar-refractivity contribution in [1.82, 2.24) is 15.3 Å². The third-order valence-corrected chi connectivity index (χ3v) is 3.06. The fraction of sp³-hybridized carbons (Fsp3) is 0.615. The number of rotatable bonds is 8. The molecule has 0 aliphatic rings. The average molecular weight is 297 g/mol. The molecule has 0 aliphatic carbocycles. The van der Waals surface area contributed by atoms with E-state index in [1.807, 2.05) is 19.4 Å². The Kier molecular flexibility index (Phi) is 7.14. The summed E-state index contributed by atoms with van der Waals surface area (Å²) in [6.45, 7) is 5.41. The summed E-state index contributed by atoms with van der Waals surface area (Å²) in [6, 6.07) is 1.83. The highest BCUT2D eigenvalue weighted by molar-refractivity contribution is 7.98. The summed E-state index contributed by atoms with van der Waals surface area (Å²) in [7, 11) is 1.82. The van der Waals surface area contributed by atoms with Crippen molar-refractivity contribution in [3.63, 3.8) is 0 Å². The highest BCUT2D eigenvalue weighted by atomic mass is 32.2. The van der Waals surface area contributed by atoms with Gasteiger partial charge in [0.2, 0.25) is 5.91 Å². The summed E-state index contributed by atoms with van der Waals surface area (Å²) >= 11 is 1.48. The van der Waals surface area contributed by atoms with Crippen LogP contribution < -0.4 is 16.0 Å². The zero-order chi connectivity index (χ0) is 15.0. The lowest BCUT2D eigenvalue weighted by Gasteiger charge is -2.10. The molecule has 112 valence electrons. The zero-order valence-corrected chi connectivity index (χ0v) is 13.3. The van der Waals surface area contributed by atoms with Crippen molar-refractivity contribution in [1.29, 1.82) is 0 Å². The predicted molar refractivity (Wildman–Crippen MR) is 84.3 cm³/mol. The lowest BCUT2D eigenvalue weighted by Crippen LogP contribution is -2.28. The molecule has 20 heavy (non-hydrogen) atoms. The number of hydrogen-bond acceptors (Lipinski definition) is 6. The number of nitrogens with one attached hydrogen (secondary N) is 3. The quantitative estimate of drug-likeness (QED) is 0.502. The van der Waals surface area contributed by atoms with Gasteiger partial charge in [-0.15, -0.1) is 0 Å². The van der Waals surface area contributed by atoms with Crippen molar-refractivity contribution in [3.8, 4) is 0 Å². The van der Waals surface area contributed by atoms with Crippen LogP contribution in [0.2, 0.25) is 0 Å². The Morgan fingerprint density at radius 2 is 2.05 bits per heavy atom. The normalized spacial score (nSPS) is 10.4. The third-order valence-electron chi connectivity index (χ3n) is 2.51. The van der Waals surface area contributed by atoms with Crippen LogP contribution in [0.1, 0.15) is 20.3 Å². The van der Waals surface area contributed by atoms with Crippen LogP contribution in [0.3, 0.4) is 0 Å². The molecule has 1 amide bonds. The molecule has 6 nitrogen and oxygen atoms in total. The first-order valence-electron chi connectivity index (χ1n) is 6.66. The minimum absolute atomic E-state index is 0.0548. The van der Waals surface area contributed by atoms with Gasteiger partial charge in [-0.05, 0) is 12.2 Å². The van der Waals surface area contributed by atoms with E-state index in [0.29, 0.717) is 30.6 Å². The number of hydrogen-bond donors (Lipinski definition) is 3. The Morgan fingerprint density at radius 1 is 1.35 bits per heavy atom. The van der Waals surface area contributed by atoms with Gasteiger partial charge >= 0.3 is 0 Å². The maximum absolute atomic E-state index is 11.6. The first-order chi connectivity index (χ1) is 9.55. The van der Waals surface area contributed by atoms with Gasteiger partial charge < -0.3 is 16.0 Å². The predicted octanol–water partition coefficient (Wildman–Crippen LogP) is 1.81. The van der Waals surface area contributed by atoms with Crippen molar-refractivity contribution < 1.29 is 4.79 Å². The van der Waals surface area contributed by atoms with Gasteiger partial charge in [-0.1, -0.05) is 25.6 Å². The number of carbonyl (C=O) groups is 1. The van der Waals surface area contributed by atoms with Crippen LogP contribution in [0.15, 0.2) is 11.2 Å². The van der Waals surface area contributed by atoms with Crippen molar-refractivity contribution in [2.45, 2.75) is 25.4 Å². The molecule has 0 saturated carbocycles. The zero-order valence-electron chi connectivity index (χ0n) is 12.5. The van der Waals surface area contributed by atoms with E-state index >= 15 is 0 Å². The van der Waals surface area contributed by atoms with Crippen LogP contribution in [0.4, 0.5) is 11.6 Å². The maximum Gasteiger partial charge on any atom is 0.221 e. The lowest BCUT2D eigenvalue weighted by molar-refractivity contribution is -0.120. The Hall–Kier alpha value is -1.50. The highest BCUT2D eigenvalue weighted by Crippen LogP contribution is 2.16. The Morgan fingerprint density at radius 3 is 2.65 bits per heavy atom. The van der Waals surface area contributed by atoms with E-state index in [9.17, 15) is 4.79 Å². The third kappa shape index (κ3) is 6.10. The molecule has 0 saturated heterocycles. The number of amides is 1. The van der Waals surface area contributed by atoms with Crippen LogP contribution in [-0.4, -0.2) is 42.3 Å². The summed E-state index contributed by atoms with van der Waals surface area (Å²) < 4.78 is 0. The van der Waals surface area contributed by atoms with Crippen molar-refractivity contribution in [2.24, 2.45) is 5.92 Å². The van der Waals surface area contributed by atoms with Crippen molar-refractivity contribution in [2.75, 3.05) is 37.0 Å². The van der Waals surface area contributed by atoms with E-state index in [0.717, 1.165) is 11.6 Å². The van der Waals surface area contributed by atoms with E-state index in [1.165, 1.54) is 11.8 Å². The molecule has 1 heterocycles. The van der Waals surface area contributed by atoms with Crippen molar-refractivity contribution >= 4 is 29.3 Å². The number of thioether (sulfide) groups is 1.